The molecule has 66 heavy (non-hydrogen) atoms. The van der Waals surface area contributed by atoms with Crippen LogP contribution < -0.4 is 0 Å². The predicted molar refractivity (Wildman–Crippen MR) is 272 cm³/mol. The molecule has 4 heteroatoms. The number of rotatable bonds is 4. The first-order chi connectivity index (χ1) is 32.7. The van der Waals surface area contributed by atoms with Crippen LogP contribution in [0.2, 0.25) is 0 Å². The van der Waals surface area contributed by atoms with Crippen LogP contribution in [0.25, 0.3) is 154 Å². The van der Waals surface area contributed by atoms with E-state index in [9.17, 15) is 0 Å². The lowest BCUT2D eigenvalue weighted by Gasteiger charge is -2.19. The van der Waals surface area contributed by atoms with Crippen molar-refractivity contribution >= 4 is 109 Å². The van der Waals surface area contributed by atoms with Gasteiger partial charge in [-0.2, -0.15) is 0 Å². The highest BCUT2D eigenvalue weighted by Crippen LogP contribution is 2.51. The summed E-state index contributed by atoms with van der Waals surface area (Å²) in [4.78, 5) is 0. The van der Waals surface area contributed by atoms with Crippen molar-refractivity contribution in [1.29, 1.82) is 0 Å². The molecule has 4 heterocycles. The first-order valence-corrected chi connectivity index (χ1v) is 22.4. The van der Waals surface area contributed by atoms with E-state index in [0.29, 0.717) is 0 Å². The first kappa shape index (κ1) is 35.6. The van der Waals surface area contributed by atoms with Crippen LogP contribution >= 0.6 is 0 Å². The molecule has 0 aliphatic heterocycles. The maximum atomic E-state index is 6.93. The van der Waals surface area contributed by atoms with Gasteiger partial charge < -0.3 is 17.7 Å². The van der Waals surface area contributed by atoms with Gasteiger partial charge >= 0.3 is 0 Å². The summed E-state index contributed by atoms with van der Waals surface area (Å²) in [5.41, 5.74) is 15.8. The van der Waals surface area contributed by atoms with Crippen molar-refractivity contribution in [3.8, 4) is 44.5 Å². The highest BCUT2D eigenvalue weighted by Gasteiger charge is 2.25. The van der Waals surface area contributed by atoms with Crippen molar-refractivity contribution in [3.05, 3.63) is 206 Å². The van der Waals surface area contributed by atoms with Gasteiger partial charge in [0.05, 0.1) is 0 Å². The molecule has 0 N–H and O–H groups in total. The molecule has 0 spiro atoms. The van der Waals surface area contributed by atoms with Crippen molar-refractivity contribution in [3.63, 3.8) is 0 Å². The number of hydrogen-bond donors (Lipinski definition) is 0. The van der Waals surface area contributed by atoms with Crippen molar-refractivity contribution in [2.24, 2.45) is 0 Å². The van der Waals surface area contributed by atoms with Crippen LogP contribution in [0, 0.1) is 0 Å². The summed E-state index contributed by atoms with van der Waals surface area (Å²) in [7, 11) is 0. The van der Waals surface area contributed by atoms with Gasteiger partial charge in [-0.05, 0) is 116 Å². The van der Waals surface area contributed by atoms with Gasteiger partial charge in [0.1, 0.15) is 44.7 Å². The number of benzene rings is 11. The molecule has 0 amide bonds. The molecule has 306 valence electrons. The molecule has 4 nitrogen and oxygen atoms in total. The van der Waals surface area contributed by atoms with Crippen molar-refractivity contribution in [2.45, 2.75) is 0 Å². The zero-order valence-corrected chi connectivity index (χ0v) is 35.3. The van der Waals surface area contributed by atoms with Gasteiger partial charge in [0, 0.05) is 54.2 Å². The van der Waals surface area contributed by atoms with E-state index >= 15 is 0 Å². The van der Waals surface area contributed by atoms with Crippen molar-refractivity contribution < 1.29 is 17.7 Å². The van der Waals surface area contributed by atoms with Gasteiger partial charge in [-0.15, -0.1) is 0 Å². The third kappa shape index (κ3) is 4.93. The topological polar surface area (TPSA) is 52.6 Å². The summed E-state index contributed by atoms with van der Waals surface area (Å²) in [6, 6.07) is 73.1. The average molecular weight is 843 g/mol. The Morgan fingerprint density at radius 2 is 0.515 bits per heavy atom. The number of fused-ring (bicyclic) bond motifs is 14. The van der Waals surface area contributed by atoms with Gasteiger partial charge in [0.25, 0.3) is 0 Å². The van der Waals surface area contributed by atoms with Crippen LogP contribution in [0.3, 0.4) is 0 Å². The van der Waals surface area contributed by atoms with Gasteiger partial charge in [0.15, 0.2) is 0 Å². The molecule has 0 unspecified atom stereocenters. The van der Waals surface area contributed by atoms with E-state index in [4.69, 9.17) is 17.7 Å². The Morgan fingerprint density at radius 1 is 0.212 bits per heavy atom. The molecule has 15 aromatic rings. The van der Waals surface area contributed by atoms with E-state index in [1.807, 2.05) is 24.3 Å². The van der Waals surface area contributed by atoms with E-state index in [1.54, 1.807) is 0 Å². The molecule has 0 radical (unpaired) electrons. The Morgan fingerprint density at radius 3 is 0.909 bits per heavy atom. The molecule has 15 rings (SSSR count). The second-order valence-corrected chi connectivity index (χ2v) is 17.4. The minimum atomic E-state index is 0.857. The Labute approximate surface area is 376 Å². The van der Waals surface area contributed by atoms with Crippen molar-refractivity contribution in [2.75, 3.05) is 0 Å². The zero-order valence-electron chi connectivity index (χ0n) is 35.3. The van der Waals surface area contributed by atoms with Gasteiger partial charge in [-0.1, -0.05) is 146 Å². The van der Waals surface area contributed by atoms with Gasteiger partial charge in [-0.3, -0.25) is 0 Å². The normalized spacial score (nSPS) is 12.2. The standard InChI is InChI=1S/C62H34O4/c1-2-16-42-41(15-1)57(47-29-27-37(61-59(47)45-19-7-11-23-53(45)65-61)35-25-31-55-49(33-35)39-13-5-9-21-51(39)63-55)43-17-3-4-18-44(43)58(42)48-30-28-38(62-60(48)46-20-8-12-24-54(46)66-62)36-26-32-56-50(34-36)40-14-6-10-22-52(40)64-56/h1-34H. The summed E-state index contributed by atoms with van der Waals surface area (Å²) in [5.74, 6) is 0. The van der Waals surface area contributed by atoms with Crippen LogP contribution in [0.5, 0.6) is 0 Å². The Kier molecular flexibility index (Phi) is 7.19. The number of furan rings is 4. The summed E-state index contributed by atoms with van der Waals surface area (Å²) >= 11 is 0. The number of para-hydroxylation sites is 4. The SMILES string of the molecule is c1ccc2c(c1)oc1ccc(-c3ccc(-c4c5ccccc5c(-c5ccc(-c6ccc7oc8ccccc8c7c6)c6oc7ccccc7c56)c5ccccc45)c4c3oc3ccccc34)cc12. The fourth-order valence-corrected chi connectivity index (χ4v) is 11.0. The Balaban J connectivity index is 0.999. The second kappa shape index (κ2) is 13.3. The minimum Gasteiger partial charge on any atom is -0.456 e. The van der Waals surface area contributed by atoms with E-state index in [-0.39, 0.29) is 0 Å². The van der Waals surface area contributed by atoms with Crippen LogP contribution in [-0.4, -0.2) is 0 Å². The fraction of sp³-hybridized carbons (Fsp3) is 0. The Bertz CT molecular complexity index is 4190. The number of hydrogen-bond acceptors (Lipinski definition) is 4. The lowest BCUT2D eigenvalue weighted by atomic mass is 9.83. The third-order valence-corrected chi connectivity index (χ3v) is 13.9. The maximum Gasteiger partial charge on any atom is 0.143 e. The van der Waals surface area contributed by atoms with Crippen LogP contribution in [0.15, 0.2) is 224 Å². The lowest BCUT2D eigenvalue weighted by molar-refractivity contribution is 0.668. The second-order valence-electron chi connectivity index (χ2n) is 17.4. The summed E-state index contributed by atoms with van der Waals surface area (Å²) in [6.45, 7) is 0. The largest absolute Gasteiger partial charge is 0.456 e. The van der Waals surface area contributed by atoms with Crippen molar-refractivity contribution in [1.82, 2.24) is 0 Å². The molecule has 0 fully saturated rings. The van der Waals surface area contributed by atoms with Gasteiger partial charge in [0.2, 0.25) is 0 Å². The summed E-state index contributed by atoms with van der Waals surface area (Å²) in [5, 5.41) is 13.4. The molecule has 4 aromatic heterocycles. The average Bonchev–Trinajstić information content (AvgIpc) is 4.15. The minimum absolute atomic E-state index is 0.857. The molecule has 0 saturated heterocycles. The summed E-state index contributed by atoms with van der Waals surface area (Å²) < 4.78 is 26.3. The molecule has 0 atom stereocenters. The van der Waals surface area contributed by atoms with E-state index < -0.39 is 0 Å². The molecule has 0 saturated carbocycles. The third-order valence-electron chi connectivity index (χ3n) is 13.9. The van der Waals surface area contributed by atoms with Crippen LogP contribution in [0.4, 0.5) is 0 Å². The smallest absolute Gasteiger partial charge is 0.143 e. The lowest BCUT2D eigenvalue weighted by Crippen LogP contribution is -1.93. The molecular formula is C62H34O4. The molecule has 0 aliphatic rings. The van der Waals surface area contributed by atoms with E-state index in [1.165, 1.54) is 32.7 Å². The van der Waals surface area contributed by atoms with E-state index in [0.717, 1.165) is 121 Å². The first-order valence-electron chi connectivity index (χ1n) is 22.4. The molecule has 0 bridgehead atoms. The van der Waals surface area contributed by atoms with Crippen LogP contribution in [-0.2, 0) is 0 Å². The molecule has 0 aliphatic carbocycles. The highest BCUT2D eigenvalue weighted by atomic mass is 16.3. The van der Waals surface area contributed by atoms with Crippen LogP contribution in [0.1, 0.15) is 0 Å². The molecular weight excluding hydrogens is 809 g/mol. The predicted octanol–water partition coefficient (Wildman–Crippen LogP) is 18.3. The highest BCUT2D eigenvalue weighted by molar-refractivity contribution is 6.29. The zero-order chi connectivity index (χ0) is 43.0. The Hall–Kier alpha value is -8.86. The summed E-state index contributed by atoms with van der Waals surface area (Å²) in [6.07, 6.45) is 0. The fourth-order valence-electron chi connectivity index (χ4n) is 11.0. The maximum absolute atomic E-state index is 6.93. The quantitative estimate of drug-likeness (QED) is 0.166. The molecule has 11 aromatic carbocycles. The van der Waals surface area contributed by atoms with E-state index in [2.05, 4.69) is 182 Å². The monoisotopic (exact) mass is 842 g/mol. The van der Waals surface area contributed by atoms with Gasteiger partial charge in [-0.25, -0.2) is 0 Å².